The first kappa shape index (κ1) is 16.0. The largest absolute Gasteiger partial charge is 0.496 e. The summed E-state index contributed by atoms with van der Waals surface area (Å²) in [6.07, 6.45) is 2.45. The lowest BCUT2D eigenvalue weighted by Gasteiger charge is -2.19. The predicted octanol–water partition coefficient (Wildman–Crippen LogP) is 2.74. The van der Waals surface area contributed by atoms with Crippen molar-refractivity contribution in [1.29, 1.82) is 0 Å². The number of nitrogens with one attached hydrogen (secondary N) is 1. The standard InChI is InChI=1S/C16H28N2O/c1-13-10-15(16(19-5)11-14(13)2)12-18(4)9-7-6-8-17-3/h10-11,17H,6-9,12H2,1-5H3. The van der Waals surface area contributed by atoms with Gasteiger partial charge in [0.15, 0.2) is 0 Å². The Bertz CT molecular complexity index is 391. The molecule has 0 spiro atoms. The molecular weight excluding hydrogens is 236 g/mol. The van der Waals surface area contributed by atoms with E-state index in [2.05, 4.69) is 43.2 Å². The molecule has 3 heteroatoms. The van der Waals surface area contributed by atoms with Gasteiger partial charge in [-0.3, -0.25) is 0 Å². The third-order valence-electron chi connectivity index (χ3n) is 3.55. The summed E-state index contributed by atoms with van der Waals surface area (Å²) in [7, 11) is 5.93. The van der Waals surface area contributed by atoms with Crippen LogP contribution in [0.3, 0.4) is 0 Å². The molecule has 0 aliphatic heterocycles. The maximum atomic E-state index is 5.49. The van der Waals surface area contributed by atoms with Gasteiger partial charge in [0.2, 0.25) is 0 Å². The van der Waals surface area contributed by atoms with Crippen molar-refractivity contribution < 1.29 is 4.74 Å². The van der Waals surface area contributed by atoms with Gasteiger partial charge in [0.1, 0.15) is 5.75 Å². The van der Waals surface area contributed by atoms with Gasteiger partial charge in [-0.05, 0) is 71.1 Å². The number of benzene rings is 1. The average Bonchev–Trinajstić information content (AvgIpc) is 2.38. The fourth-order valence-corrected chi connectivity index (χ4v) is 2.22. The second kappa shape index (κ2) is 8.18. The minimum absolute atomic E-state index is 0.948. The molecule has 0 heterocycles. The quantitative estimate of drug-likeness (QED) is 0.731. The second-order valence-electron chi connectivity index (χ2n) is 5.30. The molecule has 19 heavy (non-hydrogen) atoms. The molecule has 1 N–H and O–H groups in total. The summed E-state index contributed by atoms with van der Waals surface area (Å²) in [5, 5.41) is 3.18. The number of ether oxygens (including phenoxy) is 1. The first-order valence-corrected chi connectivity index (χ1v) is 7.05. The number of rotatable bonds is 8. The maximum absolute atomic E-state index is 5.49. The van der Waals surface area contributed by atoms with E-state index in [1.807, 2.05) is 7.05 Å². The van der Waals surface area contributed by atoms with E-state index in [-0.39, 0.29) is 0 Å². The van der Waals surface area contributed by atoms with Crippen LogP contribution in [0.5, 0.6) is 5.75 Å². The molecule has 0 aliphatic rings. The van der Waals surface area contributed by atoms with Gasteiger partial charge in [-0.15, -0.1) is 0 Å². The summed E-state index contributed by atoms with van der Waals surface area (Å²) >= 11 is 0. The number of hydrogen-bond acceptors (Lipinski definition) is 3. The summed E-state index contributed by atoms with van der Waals surface area (Å²) < 4.78 is 5.49. The molecule has 0 amide bonds. The lowest BCUT2D eigenvalue weighted by atomic mass is 10.0. The molecule has 108 valence electrons. The van der Waals surface area contributed by atoms with Crippen LogP contribution >= 0.6 is 0 Å². The summed E-state index contributed by atoms with van der Waals surface area (Å²) in [5.41, 5.74) is 3.90. The van der Waals surface area contributed by atoms with Crippen LogP contribution in [0.2, 0.25) is 0 Å². The smallest absolute Gasteiger partial charge is 0.123 e. The molecule has 0 fully saturated rings. The summed E-state index contributed by atoms with van der Waals surface area (Å²) in [5.74, 6) is 1.00. The zero-order valence-electron chi connectivity index (χ0n) is 13.0. The second-order valence-corrected chi connectivity index (χ2v) is 5.30. The van der Waals surface area contributed by atoms with Crippen LogP contribution in [0.1, 0.15) is 29.5 Å². The van der Waals surface area contributed by atoms with Crippen molar-refractivity contribution in [3.63, 3.8) is 0 Å². The lowest BCUT2D eigenvalue weighted by molar-refractivity contribution is 0.310. The number of methoxy groups -OCH3 is 1. The summed E-state index contributed by atoms with van der Waals surface area (Å²) in [6, 6.07) is 4.39. The Morgan fingerprint density at radius 2 is 1.84 bits per heavy atom. The highest BCUT2D eigenvalue weighted by molar-refractivity contribution is 5.41. The molecular formula is C16H28N2O. The topological polar surface area (TPSA) is 24.5 Å². The van der Waals surface area contributed by atoms with E-state index >= 15 is 0 Å². The molecule has 0 bridgehead atoms. The minimum Gasteiger partial charge on any atom is -0.496 e. The molecule has 0 radical (unpaired) electrons. The zero-order chi connectivity index (χ0) is 14.3. The normalized spacial score (nSPS) is 11.1. The van der Waals surface area contributed by atoms with Gasteiger partial charge >= 0.3 is 0 Å². The van der Waals surface area contributed by atoms with Crippen LogP contribution in [-0.2, 0) is 6.54 Å². The van der Waals surface area contributed by atoms with Gasteiger partial charge in [-0.2, -0.15) is 0 Å². The van der Waals surface area contributed by atoms with Crippen LogP contribution in [0.15, 0.2) is 12.1 Å². The van der Waals surface area contributed by atoms with Crippen LogP contribution in [0.4, 0.5) is 0 Å². The van der Waals surface area contributed by atoms with E-state index in [1.54, 1.807) is 7.11 Å². The van der Waals surface area contributed by atoms with Gasteiger partial charge in [-0.1, -0.05) is 6.07 Å². The summed E-state index contributed by atoms with van der Waals surface area (Å²) in [4.78, 5) is 2.36. The van der Waals surface area contributed by atoms with E-state index in [0.717, 1.165) is 25.4 Å². The van der Waals surface area contributed by atoms with Crippen molar-refractivity contribution in [3.8, 4) is 5.75 Å². The van der Waals surface area contributed by atoms with Crippen molar-refractivity contribution in [1.82, 2.24) is 10.2 Å². The van der Waals surface area contributed by atoms with Crippen LogP contribution in [-0.4, -0.2) is 39.2 Å². The molecule has 0 unspecified atom stereocenters. The molecule has 0 aromatic heterocycles. The molecule has 1 aromatic carbocycles. The number of hydrogen-bond donors (Lipinski definition) is 1. The SMILES string of the molecule is CNCCCCN(C)Cc1cc(C)c(C)cc1OC. The Kier molecular flexibility index (Phi) is 6.89. The van der Waals surface area contributed by atoms with Crippen LogP contribution in [0.25, 0.3) is 0 Å². The van der Waals surface area contributed by atoms with Gasteiger partial charge in [0, 0.05) is 12.1 Å². The van der Waals surface area contributed by atoms with Gasteiger partial charge < -0.3 is 15.0 Å². The number of nitrogens with zero attached hydrogens (tertiary/aromatic N) is 1. The monoisotopic (exact) mass is 264 g/mol. The lowest BCUT2D eigenvalue weighted by Crippen LogP contribution is -2.20. The van der Waals surface area contributed by atoms with E-state index in [1.165, 1.54) is 29.5 Å². The van der Waals surface area contributed by atoms with Crippen molar-refractivity contribution in [2.24, 2.45) is 0 Å². The predicted molar refractivity (Wildman–Crippen MR) is 82.0 cm³/mol. The fourth-order valence-electron chi connectivity index (χ4n) is 2.22. The molecule has 0 saturated heterocycles. The van der Waals surface area contributed by atoms with E-state index in [0.29, 0.717) is 0 Å². The Morgan fingerprint density at radius 3 is 2.47 bits per heavy atom. The van der Waals surface area contributed by atoms with Crippen molar-refractivity contribution in [2.75, 3.05) is 34.3 Å². The van der Waals surface area contributed by atoms with Crippen LogP contribution in [0, 0.1) is 13.8 Å². The third kappa shape index (κ3) is 5.21. The third-order valence-corrected chi connectivity index (χ3v) is 3.55. The highest BCUT2D eigenvalue weighted by Crippen LogP contribution is 2.24. The molecule has 1 rings (SSSR count). The fraction of sp³-hybridized carbons (Fsp3) is 0.625. The Balaban J connectivity index is 2.58. The molecule has 1 aromatic rings. The molecule has 0 saturated carbocycles. The Labute approximate surface area is 118 Å². The highest BCUT2D eigenvalue weighted by atomic mass is 16.5. The van der Waals surface area contributed by atoms with Crippen LogP contribution < -0.4 is 10.1 Å². The van der Waals surface area contributed by atoms with E-state index < -0.39 is 0 Å². The first-order chi connectivity index (χ1) is 9.08. The average molecular weight is 264 g/mol. The molecule has 0 atom stereocenters. The zero-order valence-corrected chi connectivity index (χ0v) is 13.0. The van der Waals surface area contributed by atoms with Gasteiger partial charge in [0.25, 0.3) is 0 Å². The van der Waals surface area contributed by atoms with Gasteiger partial charge in [-0.25, -0.2) is 0 Å². The number of aryl methyl sites for hydroxylation is 2. The molecule has 3 nitrogen and oxygen atoms in total. The van der Waals surface area contributed by atoms with Gasteiger partial charge in [0.05, 0.1) is 7.11 Å². The van der Waals surface area contributed by atoms with Crippen molar-refractivity contribution >= 4 is 0 Å². The Morgan fingerprint density at radius 1 is 1.16 bits per heavy atom. The first-order valence-electron chi connectivity index (χ1n) is 7.05. The van der Waals surface area contributed by atoms with Crippen molar-refractivity contribution in [3.05, 3.63) is 28.8 Å². The summed E-state index contributed by atoms with van der Waals surface area (Å²) in [6.45, 7) is 7.46. The molecule has 0 aliphatic carbocycles. The maximum Gasteiger partial charge on any atom is 0.123 e. The number of unbranched alkanes of at least 4 members (excludes halogenated alkanes) is 1. The minimum atomic E-state index is 0.948. The van der Waals surface area contributed by atoms with E-state index in [4.69, 9.17) is 4.74 Å². The highest BCUT2D eigenvalue weighted by Gasteiger charge is 2.08. The van der Waals surface area contributed by atoms with Crippen molar-refractivity contribution in [2.45, 2.75) is 33.2 Å². The van der Waals surface area contributed by atoms with E-state index in [9.17, 15) is 0 Å². The Hall–Kier alpha value is -1.06.